The third kappa shape index (κ3) is 7.14. The van der Waals surface area contributed by atoms with Gasteiger partial charge in [0.15, 0.2) is 5.69 Å². The first-order chi connectivity index (χ1) is 15.4. The molecule has 0 atom stereocenters. The van der Waals surface area contributed by atoms with Crippen LogP contribution in [0.5, 0.6) is 17.2 Å². The molecule has 0 radical (unpaired) electrons. The summed E-state index contributed by atoms with van der Waals surface area (Å²) in [5.74, 6) is 0.867. The Morgan fingerprint density at radius 2 is 1.82 bits per heavy atom. The molecule has 0 aliphatic carbocycles. The first-order valence-electron chi connectivity index (χ1n) is 10.8. The lowest BCUT2D eigenvalue weighted by Crippen LogP contribution is -2.22. The quantitative estimate of drug-likeness (QED) is 0.129. The summed E-state index contributed by atoms with van der Waals surface area (Å²) in [7, 11) is 0.113. The zero-order valence-corrected chi connectivity index (χ0v) is 21.2. The Labute approximate surface area is 196 Å². The molecule has 33 heavy (non-hydrogen) atoms. The summed E-state index contributed by atoms with van der Waals surface area (Å²) >= 11 is 0. The fraction of sp³-hybridized carbons (Fsp3) is 0.417. The van der Waals surface area contributed by atoms with Gasteiger partial charge in [-0.05, 0) is 30.0 Å². The van der Waals surface area contributed by atoms with E-state index in [9.17, 15) is 15.2 Å². The molecule has 2 rings (SSSR count). The summed E-state index contributed by atoms with van der Waals surface area (Å²) in [5, 5.41) is 30.4. The van der Waals surface area contributed by atoms with E-state index >= 15 is 0 Å². The minimum Gasteiger partial charge on any atom is -0.505 e. The molecule has 0 saturated heterocycles. The lowest BCUT2D eigenvalue weighted by Gasteiger charge is -2.21. The summed E-state index contributed by atoms with van der Waals surface area (Å²) < 4.78 is 11.0. The normalized spacial score (nSPS) is 12.1. The average Bonchev–Trinajstić information content (AvgIpc) is 2.75. The molecule has 8 nitrogen and oxygen atoms in total. The average molecular weight is 472 g/mol. The van der Waals surface area contributed by atoms with Gasteiger partial charge in [0.1, 0.15) is 22.9 Å². The van der Waals surface area contributed by atoms with Crippen molar-refractivity contribution in [1.29, 1.82) is 0 Å². The predicted molar refractivity (Wildman–Crippen MR) is 133 cm³/mol. The standard InChI is InChI=1S/C24H33N3O5Si/c1-8-33(6,7)13-9-12-32-17-10-11-20(22(16-17)27(29)30)25-26-21-15-18(31-5)14-19(23(21)28)24(2,3)4/h8,10-11,14-16,28H,1,9,12-13H2,2-7H3. The van der Waals surface area contributed by atoms with E-state index in [1.165, 1.54) is 25.3 Å². The van der Waals surface area contributed by atoms with E-state index < -0.39 is 13.0 Å². The molecule has 0 spiro atoms. The molecule has 0 fully saturated rings. The van der Waals surface area contributed by atoms with Crippen LogP contribution in [0.15, 0.2) is 52.8 Å². The molecule has 2 aromatic carbocycles. The van der Waals surface area contributed by atoms with Crippen molar-refractivity contribution < 1.29 is 19.5 Å². The Balaban J connectivity index is 2.27. The van der Waals surface area contributed by atoms with Crippen LogP contribution in [0.2, 0.25) is 19.1 Å². The SMILES string of the molecule is C=C[Si](C)(C)CCCOc1ccc(N=Nc2cc(OC)cc(C(C)(C)C)c2O)c([N+](=O)[O-])c1. The van der Waals surface area contributed by atoms with Gasteiger partial charge in [0.05, 0.1) is 32.8 Å². The van der Waals surface area contributed by atoms with Gasteiger partial charge in [-0.1, -0.05) is 39.9 Å². The van der Waals surface area contributed by atoms with Crippen molar-refractivity contribution in [2.24, 2.45) is 10.2 Å². The number of nitrogens with zero attached hydrogens (tertiary/aromatic N) is 3. The van der Waals surface area contributed by atoms with Crippen LogP contribution < -0.4 is 9.47 Å². The van der Waals surface area contributed by atoms with Crippen LogP contribution in [-0.2, 0) is 5.41 Å². The van der Waals surface area contributed by atoms with E-state index in [2.05, 4.69) is 29.9 Å². The Kier molecular flexibility index (Phi) is 8.38. The largest absolute Gasteiger partial charge is 0.505 e. The maximum Gasteiger partial charge on any atom is 0.300 e. The third-order valence-corrected chi connectivity index (χ3v) is 8.05. The summed E-state index contributed by atoms with van der Waals surface area (Å²) in [6.07, 6.45) is 0.853. The molecule has 0 aliphatic heterocycles. The number of nitro benzene ring substituents is 1. The number of benzene rings is 2. The third-order valence-electron chi connectivity index (χ3n) is 5.30. The van der Waals surface area contributed by atoms with Crippen LogP contribution in [0, 0.1) is 10.1 Å². The number of rotatable bonds is 10. The minimum absolute atomic E-state index is 0.0411. The second-order valence-electron chi connectivity index (χ2n) is 9.55. The lowest BCUT2D eigenvalue weighted by atomic mass is 9.86. The number of methoxy groups -OCH3 is 1. The van der Waals surface area contributed by atoms with Crippen LogP contribution in [-0.4, -0.2) is 31.8 Å². The molecule has 0 bridgehead atoms. The zero-order chi connectivity index (χ0) is 24.8. The van der Waals surface area contributed by atoms with Crippen molar-refractivity contribution in [3.05, 3.63) is 58.3 Å². The molecule has 1 N–H and O–H groups in total. The molecule has 0 heterocycles. The molecule has 2 aromatic rings. The van der Waals surface area contributed by atoms with Crippen molar-refractivity contribution in [3.8, 4) is 17.2 Å². The summed E-state index contributed by atoms with van der Waals surface area (Å²) in [5.41, 5.74) is 2.32. The first kappa shape index (κ1) is 26.1. The molecule has 0 aromatic heterocycles. The van der Waals surface area contributed by atoms with Crippen molar-refractivity contribution in [2.75, 3.05) is 13.7 Å². The molecule has 0 aliphatic rings. The zero-order valence-electron chi connectivity index (χ0n) is 20.2. The fourth-order valence-corrected chi connectivity index (χ4v) is 4.37. The van der Waals surface area contributed by atoms with Crippen molar-refractivity contribution in [2.45, 2.75) is 51.7 Å². The second kappa shape index (κ2) is 10.6. The van der Waals surface area contributed by atoms with Gasteiger partial charge < -0.3 is 14.6 Å². The number of nitro groups is 1. The van der Waals surface area contributed by atoms with Crippen molar-refractivity contribution >= 4 is 25.1 Å². The number of azo groups is 1. The van der Waals surface area contributed by atoms with Crippen LogP contribution in [0.3, 0.4) is 0 Å². The van der Waals surface area contributed by atoms with Crippen molar-refractivity contribution in [3.63, 3.8) is 0 Å². The Hall–Kier alpha value is -3.20. The van der Waals surface area contributed by atoms with E-state index in [1.54, 1.807) is 12.1 Å². The smallest absolute Gasteiger partial charge is 0.300 e. The van der Waals surface area contributed by atoms with E-state index in [0.717, 1.165) is 12.5 Å². The Morgan fingerprint density at radius 1 is 1.15 bits per heavy atom. The van der Waals surface area contributed by atoms with Gasteiger partial charge >= 0.3 is 0 Å². The summed E-state index contributed by atoms with van der Waals surface area (Å²) in [6.45, 7) is 14.7. The molecule has 178 valence electrons. The van der Waals surface area contributed by atoms with Gasteiger partial charge in [0.25, 0.3) is 5.69 Å². The van der Waals surface area contributed by atoms with E-state index in [0.29, 0.717) is 23.7 Å². The second-order valence-corrected chi connectivity index (χ2v) is 14.4. The van der Waals surface area contributed by atoms with Crippen molar-refractivity contribution in [1.82, 2.24) is 0 Å². The van der Waals surface area contributed by atoms with Crippen LogP contribution in [0.25, 0.3) is 0 Å². The highest BCUT2D eigenvalue weighted by Crippen LogP contribution is 2.42. The van der Waals surface area contributed by atoms with Crippen LogP contribution in [0.1, 0.15) is 32.8 Å². The Bertz CT molecular complexity index is 1050. The van der Waals surface area contributed by atoms with E-state index in [-0.39, 0.29) is 28.2 Å². The summed E-state index contributed by atoms with van der Waals surface area (Å²) in [4.78, 5) is 11.1. The highest BCUT2D eigenvalue weighted by atomic mass is 28.3. The maximum atomic E-state index is 11.6. The number of aromatic hydroxyl groups is 1. The first-order valence-corrected chi connectivity index (χ1v) is 14.0. The van der Waals surface area contributed by atoms with Crippen LogP contribution in [0.4, 0.5) is 17.1 Å². The lowest BCUT2D eigenvalue weighted by molar-refractivity contribution is -0.384. The number of hydrogen-bond acceptors (Lipinski definition) is 7. The summed E-state index contributed by atoms with van der Waals surface area (Å²) in [6, 6.07) is 8.76. The van der Waals surface area contributed by atoms with Gasteiger partial charge in [0, 0.05) is 11.6 Å². The fourth-order valence-electron chi connectivity index (χ4n) is 3.11. The monoisotopic (exact) mass is 471 g/mol. The van der Waals surface area contributed by atoms with Gasteiger partial charge in [-0.2, -0.15) is 0 Å². The Morgan fingerprint density at radius 3 is 2.39 bits per heavy atom. The number of phenolic OH excluding ortho intramolecular Hbond substituents is 1. The highest BCUT2D eigenvalue weighted by Gasteiger charge is 2.22. The van der Waals surface area contributed by atoms with Gasteiger partial charge in [-0.25, -0.2) is 0 Å². The molecule has 0 saturated carbocycles. The molecule has 0 unspecified atom stereocenters. The predicted octanol–water partition coefficient (Wildman–Crippen LogP) is 7.22. The van der Waals surface area contributed by atoms with Gasteiger partial charge in [0.2, 0.25) is 0 Å². The van der Waals surface area contributed by atoms with Gasteiger partial charge in [-0.15, -0.1) is 22.5 Å². The van der Waals surface area contributed by atoms with E-state index in [1.807, 2.05) is 26.5 Å². The maximum absolute atomic E-state index is 11.6. The number of hydrogen-bond donors (Lipinski definition) is 1. The highest BCUT2D eigenvalue weighted by molar-refractivity contribution is 6.82. The van der Waals surface area contributed by atoms with Crippen LogP contribution >= 0.6 is 0 Å². The van der Waals surface area contributed by atoms with E-state index in [4.69, 9.17) is 9.47 Å². The molecule has 9 heteroatoms. The number of ether oxygens (including phenoxy) is 2. The molecular formula is C24H33N3O5Si. The van der Waals surface area contributed by atoms with Gasteiger partial charge in [-0.3, -0.25) is 10.1 Å². The molecular weight excluding hydrogens is 438 g/mol. The topological polar surface area (TPSA) is 107 Å². The minimum atomic E-state index is -1.40. The molecule has 0 amide bonds. The number of phenols is 1.